The van der Waals surface area contributed by atoms with Gasteiger partial charge in [-0.2, -0.15) is 0 Å². The van der Waals surface area contributed by atoms with E-state index < -0.39 is 5.92 Å². The SMILES string of the molecule is CC.CC1CCCC(F)(F)C1. The first kappa shape index (κ1) is 10.9. The minimum atomic E-state index is -2.35. The van der Waals surface area contributed by atoms with Gasteiger partial charge < -0.3 is 0 Å². The number of hydrogen-bond donors (Lipinski definition) is 0. The summed E-state index contributed by atoms with van der Waals surface area (Å²) >= 11 is 0. The molecule has 0 aliphatic heterocycles. The summed E-state index contributed by atoms with van der Waals surface area (Å²) < 4.78 is 24.9. The Labute approximate surface area is 68.0 Å². The van der Waals surface area contributed by atoms with Crippen LogP contribution in [-0.2, 0) is 0 Å². The molecule has 1 aliphatic carbocycles. The highest BCUT2D eigenvalue weighted by Crippen LogP contribution is 2.35. The molecule has 0 aromatic rings. The Bertz CT molecular complexity index is 99.7. The van der Waals surface area contributed by atoms with E-state index in [2.05, 4.69) is 0 Å². The number of hydrogen-bond acceptors (Lipinski definition) is 0. The Morgan fingerprint density at radius 2 is 1.82 bits per heavy atom. The highest BCUT2D eigenvalue weighted by Gasteiger charge is 2.33. The lowest BCUT2D eigenvalue weighted by molar-refractivity contribution is -0.0494. The van der Waals surface area contributed by atoms with Crippen molar-refractivity contribution in [1.29, 1.82) is 0 Å². The van der Waals surface area contributed by atoms with Crippen molar-refractivity contribution < 1.29 is 8.78 Å². The summed E-state index contributed by atoms with van der Waals surface area (Å²) in [7, 11) is 0. The third-order valence-electron chi connectivity index (χ3n) is 1.89. The van der Waals surface area contributed by atoms with Crippen LogP contribution in [-0.4, -0.2) is 5.92 Å². The van der Waals surface area contributed by atoms with Gasteiger partial charge in [0.05, 0.1) is 0 Å². The van der Waals surface area contributed by atoms with Gasteiger partial charge in [0.15, 0.2) is 0 Å². The Morgan fingerprint density at radius 1 is 1.27 bits per heavy atom. The molecule has 0 aromatic heterocycles. The van der Waals surface area contributed by atoms with Crippen molar-refractivity contribution >= 4 is 0 Å². The first-order valence-corrected chi connectivity index (χ1v) is 4.48. The van der Waals surface area contributed by atoms with Crippen LogP contribution in [0.2, 0.25) is 0 Å². The number of halogens is 2. The van der Waals surface area contributed by atoms with Gasteiger partial charge >= 0.3 is 0 Å². The lowest BCUT2D eigenvalue weighted by Crippen LogP contribution is -2.24. The zero-order valence-electron chi connectivity index (χ0n) is 7.66. The molecule has 0 heterocycles. The molecule has 0 amide bonds. The molecule has 0 aromatic carbocycles. The third kappa shape index (κ3) is 4.33. The summed E-state index contributed by atoms with van der Waals surface area (Å²) in [5, 5.41) is 0. The molecular formula is C9H18F2. The van der Waals surface area contributed by atoms with Crippen LogP contribution in [0.15, 0.2) is 0 Å². The van der Waals surface area contributed by atoms with Crippen molar-refractivity contribution in [3.05, 3.63) is 0 Å². The van der Waals surface area contributed by atoms with E-state index in [0.717, 1.165) is 6.42 Å². The predicted octanol–water partition coefficient (Wildman–Crippen LogP) is 3.86. The molecule has 2 heteroatoms. The molecular weight excluding hydrogens is 146 g/mol. The molecule has 0 spiro atoms. The van der Waals surface area contributed by atoms with Gasteiger partial charge in [-0.05, 0) is 12.3 Å². The lowest BCUT2D eigenvalue weighted by Gasteiger charge is -2.25. The van der Waals surface area contributed by atoms with E-state index in [0.29, 0.717) is 6.42 Å². The number of rotatable bonds is 0. The Morgan fingerprint density at radius 3 is 2.09 bits per heavy atom. The topological polar surface area (TPSA) is 0 Å². The Hall–Kier alpha value is -0.140. The highest BCUT2D eigenvalue weighted by molar-refractivity contribution is 4.75. The molecule has 0 N–H and O–H groups in total. The van der Waals surface area contributed by atoms with Gasteiger partial charge in [-0.3, -0.25) is 0 Å². The smallest absolute Gasteiger partial charge is 0.207 e. The predicted molar refractivity (Wildman–Crippen MR) is 43.9 cm³/mol. The molecule has 1 atom stereocenters. The standard InChI is InChI=1S/C7H12F2.C2H6/c1-6-3-2-4-7(8,9)5-6;1-2/h6H,2-5H2,1H3;1-2H3. The van der Waals surface area contributed by atoms with E-state index in [1.807, 2.05) is 20.8 Å². The Kier molecular flexibility index (Phi) is 4.62. The van der Waals surface area contributed by atoms with Gasteiger partial charge in [0.25, 0.3) is 0 Å². The molecule has 11 heavy (non-hydrogen) atoms. The second kappa shape index (κ2) is 4.68. The fraction of sp³-hybridized carbons (Fsp3) is 1.00. The minimum absolute atomic E-state index is 0.104. The van der Waals surface area contributed by atoms with Crippen LogP contribution >= 0.6 is 0 Å². The molecule has 0 radical (unpaired) electrons. The average molecular weight is 164 g/mol. The fourth-order valence-electron chi connectivity index (χ4n) is 1.42. The molecule has 0 bridgehead atoms. The minimum Gasteiger partial charge on any atom is -0.207 e. The lowest BCUT2D eigenvalue weighted by atomic mass is 9.88. The zero-order chi connectivity index (χ0) is 8.91. The normalized spacial score (nSPS) is 28.6. The molecule has 1 rings (SSSR count). The fourth-order valence-corrected chi connectivity index (χ4v) is 1.42. The van der Waals surface area contributed by atoms with Crippen molar-refractivity contribution in [1.82, 2.24) is 0 Å². The Balaban J connectivity index is 0.000000461. The van der Waals surface area contributed by atoms with Crippen LogP contribution in [0.4, 0.5) is 8.78 Å². The van der Waals surface area contributed by atoms with Gasteiger partial charge in [-0.25, -0.2) is 8.78 Å². The van der Waals surface area contributed by atoms with Crippen molar-refractivity contribution in [3.8, 4) is 0 Å². The summed E-state index contributed by atoms with van der Waals surface area (Å²) in [5.41, 5.74) is 0. The second-order valence-electron chi connectivity index (χ2n) is 3.06. The van der Waals surface area contributed by atoms with E-state index in [-0.39, 0.29) is 18.8 Å². The van der Waals surface area contributed by atoms with Gasteiger partial charge in [0, 0.05) is 12.8 Å². The molecule has 1 aliphatic rings. The van der Waals surface area contributed by atoms with Crippen LogP contribution in [0.1, 0.15) is 46.5 Å². The number of alkyl halides is 2. The van der Waals surface area contributed by atoms with Crippen molar-refractivity contribution in [2.24, 2.45) is 5.92 Å². The maximum Gasteiger partial charge on any atom is 0.248 e. The quantitative estimate of drug-likeness (QED) is 0.510. The molecule has 0 nitrogen and oxygen atoms in total. The summed E-state index contributed by atoms with van der Waals surface area (Å²) in [6, 6.07) is 0. The van der Waals surface area contributed by atoms with Gasteiger partial charge in [0.1, 0.15) is 0 Å². The first-order valence-electron chi connectivity index (χ1n) is 4.48. The van der Waals surface area contributed by atoms with Crippen molar-refractivity contribution in [2.75, 3.05) is 0 Å². The molecule has 68 valence electrons. The highest BCUT2D eigenvalue weighted by atomic mass is 19.3. The van der Waals surface area contributed by atoms with Crippen LogP contribution in [0.25, 0.3) is 0 Å². The monoisotopic (exact) mass is 164 g/mol. The van der Waals surface area contributed by atoms with Crippen LogP contribution < -0.4 is 0 Å². The van der Waals surface area contributed by atoms with Crippen LogP contribution in [0.5, 0.6) is 0 Å². The maximum atomic E-state index is 12.5. The van der Waals surface area contributed by atoms with Crippen LogP contribution in [0, 0.1) is 5.92 Å². The average Bonchev–Trinajstić information content (AvgIpc) is 1.89. The van der Waals surface area contributed by atoms with E-state index >= 15 is 0 Å². The van der Waals surface area contributed by atoms with E-state index in [1.165, 1.54) is 0 Å². The largest absolute Gasteiger partial charge is 0.248 e. The molecule has 1 fully saturated rings. The van der Waals surface area contributed by atoms with Crippen LogP contribution in [0.3, 0.4) is 0 Å². The first-order chi connectivity index (χ1) is 5.10. The zero-order valence-corrected chi connectivity index (χ0v) is 7.66. The second-order valence-corrected chi connectivity index (χ2v) is 3.06. The summed E-state index contributed by atoms with van der Waals surface area (Å²) in [6.45, 7) is 5.90. The van der Waals surface area contributed by atoms with Crippen molar-refractivity contribution in [2.45, 2.75) is 52.4 Å². The van der Waals surface area contributed by atoms with Gasteiger partial charge in [0.2, 0.25) is 5.92 Å². The van der Waals surface area contributed by atoms with Crippen molar-refractivity contribution in [3.63, 3.8) is 0 Å². The molecule has 1 saturated carbocycles. The summed E-state index contributed by atoms with van der Waals surface area (Å²) in [4.78, 5) is 0. The summed E-state index contributed by atoms with van der Waals surface area (Å²) in [6.07, 6.45) is 1.90. The maximum absolute atomic E-state index is 12.5. The van der Waals surface area contributed by atoms with E-state index in [9.17, 15) is 8.78 Å². The summed E-state index contributed by atoms with van der Waals surface area (Å²) in [5.74, 6) is -2.12. The third-order valence-corrected chi connectivity index (χ3v) is 1.89. The van der Waals surface area contributed by atoms with E-state index in [1.54, 1.807) is 0 Å². The molecule has 1 unspecified atom stereocenters. The van der Waals surface area contributed by atoms with E-state index in [4.69, 9.17) is 0 Å². The van der Waals surface area contributed by atoms with Gasteiger partial charge in [-0.15, -0.1) is 0 Å². The molecule has 0 saturated heterocycles. The van der Waals surface area contributed by atoms with Gasteiger partial charge in [-0.1, -0.05) is 27.2 Å².